The molecular weight excluding hydrogens is 892 g/mol. The first kappa shape index (κ1) is 51.4. The van der Waals surface area contributed by atoms with Crippen LogP contribution < -0.4 is 10.2 Å². The molecule has 0 bridgehead atoms. The molecular formula is C51H64N4O8PS2-. The molecule has 0 N–H and O–H groups in total. The Labute approximate surface area is 397 Å². The summed E-state index contributed by atoms with van der Waals surface area (Å²) in [6.45, 7) is 22.1. The molecule has 0 radical (unpaired) electrons. The lowest BCUT2D eigenvalue weighted by Crippen LogP contribution is -2.38. The minimum Gasteiger partial charge on any atom is -0.744 e. The van der Waals surface area contributed by atoms with E-state index in [0.717, 1.165) is 49.2 Å². The second-order valence-corrected chi connectivity index (χ2v) is 22.3. The van der Waals surface area contributed by atoms with E-state index in [4.69, 9.17) is 14.3 Å². The maximum Gasteiger partial charge on any atom is 0.259 e. The van der Waals surface area contributed by atoms with Crippen LogP contribution in [0.25, 0.3) is 21.5 Å². The number of rotatable bonds is 21. The zero-order valence-electron chi connectivity index (χ0n) is 39.7. The van der Waals surface area contributed by atoms with Crippen LogP contribution >= 0.6 is 20.6 Å². The largest absolute Gasteiger partial charge is 0.744 e. The van der Waals surface area contributed by atoms with Gasteiger partial charge >= 0.3 is 0 Å². The Morgan fingerprint density at radius 3 is 2.32 bits per heavy atom. The van der Waals surface area contributed by atoms with Crippen molar-refractivity contribution in [1.29, 1.82) is 5.26 Å². The van der Waals surface area contributed by atoms with Crippen LogP contribution in [0.1, 0.15) is 99.1 Å². The third kappa shape index (κ3) is 11.8. The third-order valence-electron chi connectivity index (χ3n) is 12.3. The smallest absolute Gasteiger partial charge is 0.259 e. The summed E-state index contributed by atoms with van der Waals surface area (Å²) in [5.74, 6) is 0. The molecule has 4 aromatic carbocycles. The summed E-state index contributed by atoms with van der Waals surface area (Å²) in [6.07, 6.45) is 15.4. The van der Waals surface area contributed by atoms with Crippen molar-refractivity contribution in [3.8, 4) is 6.07 Å². The number of anilines is 1. The highest BCUT2D eigenvalue weighted by molar-refractivity contribution is 7.94. The molecule has 0 saturated heterocycles. The summed E-state index contributed by atoms with van der Waals surface area (Å²) in [4.78, 5) is 2.12. The molecule has 0 amide bonds. The first-order chi connectivity index (χ1) is 31.4. The van der Waals surface area contributed by atoms with Crippen molar-refractivity contribution in [3.63, 3.8) is 0 Å². The zero-order chi connectivity index (χ0) is 47.8. The molecule has 0 aromatic heterocycles. The number of nitrogens with zero attached hydrogens (tertiary/aromatic N) is 4. The van der Waals surface area contributed by atoms with Gasteiger partial charge in [-0.2, -0.15) is 14.2 Å². The maximum atomic E-state index is 12.2. The van der Waals surface area contributed by atoms with Gasteiger partial charge in [0.15, 0.2) is 5.71 Å². The molecule has 0 spiro atoms. The fraction of sp³-hybridized carbons (Fsp3) is 0.451. The minimum atomic E-state index is -4.81. The van der Waals surface area contributed by atoms with E-state index in [1.54, 1.807) is 0 Å². The van der Waals surface area contributed by atoms with Gasteiger partial charge in [0.1, 0.15) is 16.7 Å². The molecule has 15 heteroatoms. The van der Waals surface area contributed by atoms with Gasteiger partial charge in [-0.15, -0.1) is 0 Å². The molecule has 2 heterocycles. The number of nitriles is 1. The van der Waals surface area contributed by atoms with Gasteiger partial charge < -0.3 is 23.8 Å². The van der Waals surface area contributed by atoms with Gasteiger partial charge in [-0.3, -0.25) is 5.04 Å². The minimum absolute atomic E-state index is 0.147. The molecule has 6 rings (SSSR count). The highest BCUT2D eigenvalue weighted by atomic mass is 32.2. The maximum absolute atomic E-state index is 12.2. The molecule has 2 aliphatic heterocycles. The Kier molecular flexibility index (Phi) is 17.5. The monoisotopic (exact) mass is 955 g/mol. The number of unbranched alkanes of at least 4 members (excludes halogenated alkanes) is 2. The second kappa shape index (κ2) is 22.4. The normalized spacial score (nSPS) is 17.3. The first-order valence-electron chi connectivity index (χ1n) is 22.8. The van der Waals surface area contributed by atoms with E-state index in [9.17, 15) is 18.2 Å². The van der Waals surface area contributed by atoms with Crippen LogP contribution in [0.15, 0.2) is 107 Å². The van der Waals surface area contributed by atoms with Gasteiger partial charge in [-0.1, -0.05) is 62.4 Å². The predicted octanol–water partition coefficient (Wildman–Crippen LogP) is 11.4. The number of hydrogen-bond acceptors (Lipinski definition) is 12. The lowest BCUT2D eigenvalue weighted by atomic mass is 9.76. The number of allylic oxidation sites excluding steroid dienone is 6. The summed E-state index contributed by atoms with van der Waals surface area (Å²) in [6, 6.07) is 22.3. The van der Waals surface area contributed by atoms with Crippen LogP contribution in [0.2, 0.25) is 0 Å². The number of fused-ring (bicyclic) bond motifs is 6. The van der Waals surface area contributed by atoms with Crippen LogP contribution in [0, 0.1) is 22.2 Å². The molecule has 2 aliphatic rings. The Bertz CT molecular complexity index is 2640. The molecule has 354 valence electrons. The van der Waals surface area contributed by atoms with Crippen molar-refractivity contribution in [1.82, 2.24) is 4.67 Å². The highest BCUT2D eigenvalue weighted by Crippen LogP contribution is 2.49. The Balaban J connectivity index is 1.27. The third-order valence-corrected chi connectivity index (χ3v) is 15.9. The average molecular weight is 956 g/mol. The Morgan fingerprint density at radius 2 is 1.62 bits per heavy atom. The zero-order valence-corrected chi connectivity index (χ0v) is 42.2. The van der Waals surface area contributed by atoms with Crippen molar-refractivity contribution in [2.45, 2.75) is 123 Å². The van der Waals surface area contributed by atoms with Crippen molar-refractivity contribution < 1.29 is 41.2 Å². The lowest BCUT2D eigenvalue weighted by molar-refractivity contribution is -0.777. The van der Waals surface area contributed by atoms with E-state index in [0.29, 0.717) is 60.3 Å². The van der Waals surface area contributed by atoms with Crippen molar-refractivity contribution in [2.24, 2.45) is 10.8 Å². The van der Waals surface area contributed by atoms with Gasteiger partial charge in [-0.05, 0) is 132 Å². The van der Waals surface area contributed by atoms with E-state index in [2.05, 4.69) is 159 Å². The molecule has 1 atom stereocenters. The van der Waals surface area contributed by atoms with Crippen LogP contribution in [-0.2, 0) is 41.4 Å². The van der Waals surface area contributed by atoms with E-state index < -0.39 is 23.5 Å². The SMILES string of the molecule is CCN1C(=CC=CC=CC2=[N+](CCCCCOP(OCCC#N)N(C(C)C)C(C)C)c3ccc4ccccc4c3CC2(C)C)C(C)(C)Cc2c1ccc1c(SOO[O-])cc(S(=O)(=O)[O-])cc21. The van der Waals surface area contributed by atoms with E-state index >= 15 is 0 Å². The van der Waals surface area contributed by atoms with Crippen molar-refractivity contribution in [3.05, 3.63) is 108 Å². The molecule has 4 aromatic rings. The highest BCUT2D eigenvalue weighted by Gasteiger charge is 2.40. The molecule has 0 saturated carbocycles. The summed E-state index contributed by atoms with van der Waals surface area (Å²) < 4.78 is 58.6. The molecule has 1 unspecified atom stereocenters. The van der Waals surface area contributed by atoms with E-state index in [1.807, 2.05) is 12.1 Å². The lowest BCUT2D eigenvalue weighted by Gasteiger charge is -2.43. The fourth-order valence-electron chi connectivity index (χ4n) is 9.52. The summed E-state index contributed by atoms with van der Waals surface area (Å²) >= 11 is 0.573. The topological polar surface area (TPSA) is 150 Å². The van der Waals surface area contributed by atoms with Gasteiger partial charge in [0, 0.05) is 64.4 Å². The molecule has 66 heavy (non-hydrogen) atoms. The first-order valence-corrected chi connectivity index (χ1v) is 26.1. The van der Waals surface area contributed by atoms with Crippen LogP contribution in [0.3, 0.4) is 0 Å². The van der Waals surface area contributed by atoms with Crippen LogP contribution in [0.4, 0.5) is 11.4 Å². The quantitative estimate of drug-likeness (QED) is 0.0114. The van der Waals surface area contributed by atoms with Gasteiger partial charge in [0.05, 0.1) is 48.1 Å². The summed E-state index contributed by atoms with van der Waals surface area (Å²) in [5, 5.41) is 27.1. The Hall–Kier alpha value is -3.97. The number of benzene rings is 4. The predicted molar refractivity (Wildman–Crippen MR) is 263 cm³/mol. The van der Waals surface area contributed by atoms with Crippen molar-refractivity contribution >= 4 is 69.3 Å². The standard InChI is InChI=1S/C51H65N4O8PS2/c1-10-53-45-27-25-41-42(32-39(66(57,58)59)33-47(41)65-63-62-56)44(45)35-50(6,7)48(53)22-13-11-14-23-49-51(8,9)34-43-40-21-16-15-20-38(40)24-26-46(43)54(49)29-17-12-18-30-60-64(61-31-19-28-52)55(36(2)3)37(4)5/h11,13-16,20-27,32-33,36-37H,10,12,17-19,29-31,34-35H2,1-9H3,(H-,56,57,58,59)/p-1. The fourth-order valence-corrected chi connectivity index (χ4v) is 12.3. The Morgan fingerprint density at radius 1 is 0.894 bits per heavy atom. The summed E-state index contributed by atoms with van der Waals surface area (Å²) in [7, 11) is -6.08. The van der Waals surface area contributed by atoms with Crippen molar-refractivity contribution in [2.75, 3.05) is 31.2 Å². The van der Waals surface area contributed by atoms with Gasteiger partial charge in [0.25, 0.3) is 8.53 Å². The van der Waals surface area contributed by atoms with E-state index in [-0.39, 0.29) is 22.9 Å². The van der Waals surface area contributed by atoms with E-state index in [1.165, 1.54) is 39.9 Å². The van der Waals surface area contributed by atoms with Gasteiger partial charge in [0.2, 0.25) is 5.69 Å². The average Bonchev–Trinajstić information content (AvgIpc) is 3.25. The van der Waals surface area contributed by atoms with Crippen LogP contribution in [-0.4, -0.2) is 66.3 Å². The summed E-state index contributed by atoms with van der Waals surface area (Å²) in [5.41, 5.74) is 6.29. The molecule has 12 nitrogen and oxygen atoms in total. The molecule has 0 fully saturated rings. The number of hydrogen-bond donors (Lipinski definition) is 0. The van der Waals surface area contributed by atoms with Crippen LogP contribution in [0.5, 0.6) is 0 Å². The molecule has 0 aliphatic carbocycles. The van der Waals surface area contributed by atoms with Gasteiger partial charge in [-0.25, -0.2) is 13.1 Å². The second-order valence-electron chi connectivity index (χ2n) is 18.7.